The lowest BCUT2D eigenvalue weighted by Crippen LogP contribution is -2.29. The van der Waals surface area contributed by atoms with Crippen molar-refractivity contribution in [3.05, 3.63) is 125 Å². The molecule has 2 aliphatic heterocycles. The lowest BCUT2D eigenvalue weighted by molar-refractivity contribution is -0.401. The van der Waals surface area contributed by atoms with Crippen molar-refractivity contribution in [2.24, 2.45) is 0 Å². The number of rotatable bonds is 5. The Hall–Kier alpha value is -3.82. The van der Waals surface area contributed by atoms with Crippen LogP contribution in [0.4, 0.5) is 11.4 Å². The van der Waals surface area contributed by atoms with E-state index < -0.39 is 0 Å². The number of likely N-dealkylation sites (N-methyl/N-ethyl adjacent to an activating group) is 1. The molecule has 0 saturated carbocycles. The molecule has 0 aromatic heterocycles. The van der Waals surface area contributed by atoms with Gasteiger partial charge in [0, 0.05) is 46.6 Å². The van der Waals surface area contributed by atoms with Crippen molar-refractivity contribution in [1.82, 2.24) is 0 Å². The molecular formula is C36H36ClN2O+. The Balaban J connectivity index is 1.47. The molecule has 3 nitrogen and oxygen atoms in total. The predicted molar refractivity (Wildman–Crippen MR) is 169 cm³/mol. The molecule has 4 aromatic rings. The molecule has 1 atom stereocenters. The molecular weight excluding hydrogens is 512 g/mol. The van der Waals surface area contributed by atoms with Crippen LogP contribution in [0.3, 0.4) is 0 Å². The summed E-state index contributed by atoms with van der Waals surface area (Å²) >= 11 is 6.39. The first-order valence-electron chi connectivity index (χ1n) is 13.8. The molecule has 0 radical (unpaired) electrons. The summed E-state index contributed by atoms with van der Waals surface area (Å²) in [6, 6.07) is 27.9. The quantitative estimate of drug-likeness (QED) is 0.232. The van der Waals surface area contributed by atoms with Crippen molar-refractivity contribution < 1.29 is 9.31 Å². The van der Waals surface area contributed by atoms with Gasteiger partial charge in [-0.15, -0.1) is 0 Å². The number of hydrogen-bond donors (Lipinski definition) is 0. The van der Waals surface area contributed by atoms with Crippen molar-refractivity contribution in [2.45, 2.75) is 38.0 Å². The van der Waals surface area contributed by atoms with Crippen molar-refractivity contribution in [2.75, 3.05) is 26.1 Å². The molecule has 202 valence electrons. The molecule has 0 bridgehead atoms. The molecule has 40 heavy (non-hydrogen) atoms. The van der Waals surface area contributed by atoms with Crippen molar-refractivity contribution in [1.29, 1.82) is 0 Å². The molecule has 6 rings (SSSR count). The smallest absolute Gasteiger partial charge is 0.209 e. The lowest BCUT2D eigenvalue weighted by atomic mass is 9.74. The third-order valence-electron chi connectivity index (χ3n) is 8.94. The molecule has 0 fully saturated rings. The number of hydrogen-bond acceptors (Lipinski definition) is 2. The first kappa shape index (κ1) is 26.4. The Kier molecular flexibility index (Phi) is 6.39. The SMILES string of the molecule is COc1cccc(CC2(C)C(=CC=CC3=[N+](C)c4ccc(Cl)cc4C3(C)C)N(C)c3ccc4ccccc4c32)c1. The molecule has 0 spiro atoms. The zero-order chi connectivity index (χ0) is 28.2. The summed E-state index contributed by atoms with van der Waals surface area (Å²) in [4.78, 5) is 2.37. The van der Waals surface area contributed by atoms with E-state index >= 15 is 0 Å². The Morgan fingerprint density at radius 2 is 1.75 bits per heavy atom. The molecule has 1 unspecified atom stereocenters. The van der Waals surface area contributed by atoms with E-state index in [1.165, 1.54) is 50.2 Å². The average Bonchev–Trinajstić information content (AvgIpc) is 3.27. The summed E-state index contributed by atoms with van der Waals surface area (Å²) in [5, 5.41) is 3.35. The van der Waals surface area contributed by atoms with E-state index in [1.807, 2.05) is 12.1 Å². The molecule has 0 N–H and O–H groups in total. The van der Waals surface area contributed by atoms with Crippen LogP contribution in [0.2, 0.25) is 5.02 Å². The summed E-state index contributed by atoms with van der Waals surface area (Å²) in [6.45, 7) is 6.93. The predicted octanol–water partition coefficient (Wildman–Crippen LogP) is 8.60. The fourth-order valence-corrected chi connectivity index (χ4v) is 7.12. The van der Waals surface area contributed by atoms with Gasteiger partial charge >= 0.3 is 0 Å². The van der Waals surface area contributed by atoms with Crippen LogP contribution in [0.25, 0.3) is 10.8 Å². The summed E-state index contributed by atoms with van der Waals surface area (Å²) in [6.07, 6.45) is 7.66. The van der Waals surface area contributed by atoms with E-state index in [4.69, 9.17) is 16.3 Å². The minimum atomic E-state index is -0.236. The Labute approximate surface area is 242 Å². The third-order valence-corrected chi connectivity index (χ3v) is 9.18. The Bertz CT molecular complexity index is 1750. The largest absolute Gasteiger partial charge is 0.497 e. The van der Waals surface area contributed by atoms with E-state index in [-0.39, 0.29) is 10.8 Å². The number of allylic oxidation sites excluding steroid dienone is 4. The summed E-state index contributed by atoms with van der Waals surface area (Å²) in [5.74, 6) is 0.888. The minimum Gasteiger partial charge on any atom is -0.497 e. The van der Waals surface area contributed by atoms with Crippen molar-refractivity contribution in [3.63, 3.8) is 0 Å². The standard InChI is InChI=1S/C36H36ClN2O/c1-35(2)29-22-26(37)18-20-30(29)38(4)32(35)15-10-16-33-36(3,23-24-11-9-13-27(21-24)40-6)34-28-14-8-7-12-25(28)17-19-31(34)39(33)5/h7-22H,23H2,1-6H3/q+1. The van der Waals surface area contributed by atoms with Crippen molar-refractivity contribution in [3.8, 4) is 5.75 Å². The highest BCUT2D eigenvalue weighted by Crippen LogP contribution is 2.52. The monoisotopic (exact) mass is 547 g/mol. The van der Waals surface area contributed by atoms with Gasteiger partial charge in [0.1, 0.15) is 12.8 Å². The maximum absolute atomic E-state index is 6.39. The fraction of sp³-hybridized carbons (Fsp3) is 0.250. The van der Waals surface area contributed by atoms with Gasteiger partial charge in [-0.25, -0.2) is 0 Å². The second-order valence-electron chi connectivity index (χ2n) is 11.7. The molecule has 0 amide bonds. The van der Waals surface area contributed by atoms with E-state index in [0.717, 1.165) is 17.2 Å². The van der Waals surface area contributed by atoms with Crippen LogP contribution >= 0.6 is 11.6 Å². The lowest BCUT2D eigenvalue weighted by Gasteiger charge is -2.29. The van der Waals surface area contributed by atoms with Gasteiger partial charge in [0.25, 0.3) is 0 Å². The maximum atomic E-state index is 6.39. The van der Waals surface area contributed by atoms with Crippen LogP contribution in [0.5, 0.6) is 5.75 Å². The van der Waals surface area contributed by atoms with Crippen LogP contribution in [0, 0.1) is 0 Å². The zero-order valence-corrected chi connectivity index (χ0v) is 24.9. The topological polar surface area (TPSA) is 15.5 Å². The van der Waals surface area contributed by atoms with E-state index in [9.17, 15) is 0 Å². The van der Waals surface area contributed by atoms with E-state index in [1.54, 1.807) is 7.11 Å². The summed E-state index contributed by atoms with van der Waals surface area (Å²) in [5.41, 5.74) is 8.51. The maximum Gasteiger partial charge on any atom is 0.209 e. The zero-order valence-electron chi connectivity index (χ0n) is 24.1. The number of methoxy groups -OCH3 is 1. The number of anilines is 1. The summed E-state index contributed by atoms with van der Waals surface area (Å²) in [7, 11) is 6.07. The van der Waals surface area contributed by atoms with Gasteiger partial charge in [-0.1, -0.05) is 60.1 Å². The van der Waals surface area contributed by atoms with Gasteiger partial charge in [-0.05, 0) is 85.5 Å². The highest BCUT2D eigenvalue weighted by molar-refractivity contribution is 6.30. The van der Waals surface area contributed by atoms with E-state index in [2.05, 4.69) is 129 Å². The highest BCUT2D eigenvalue weighted by atomic mass is 35.5. The molecule has 2 heterocycles. The molecule has 4 aromatic carbocycles. The fourth-order valence-electron chi connectivity index (χ4n) is 6.95. The first-order valence-corrected chi connectivity index (χ1v) is 14.2. The van der Waals surface area contributed by atoms with Crippen LogP contribution in [0.15, 0.2) is 103 Å². The highest BCUT2D eigenvalue weighted by Gasteiger charge is 2.44. The number of ether oxygens (including phenoxy) is 1. The van der Waals surface area contributed by atoms with Gasteiger partial charge in [0.15, 0.2) is 5.71 Å². The number of halogens is 1. The summed E-state index contributed by atoms with van der Waals surface area (Å²) < 4.78 is 7.86. The molecule has 0 aliphatic carbocycles. The van der Waals surface area contributed by atoms with Gasteiger partial charge in [0.05, 0.1) is 12.5 Å². The van der Waals surface area contributed by atoms with Gasteiger partial charge < -0.3 is 9.64 Å². The normalized spacial score (nSPS) is 20.6. The minimum absolute atomic E-state index is 0.144. The van der Waals surface area contributed by atoms with Crippen LogP contribution < -0.4 is 9.64 Å². The number of nitrogens with zero attached hydrogens (tertiary/aromatic N) is 2. The van der Waals surface area contributed by atoms with Crippen LogP contribution in [0.1, 0.15) is 37.5 Å². The van der Waals surface area contributed by atoms with Gasteiger partial charge in [0.2, 0.25) is 5.69 Å². The second kappa shape index (κ2) is 9.67. The third kappa shape index (κ3) is 4.07. The first-order chi connectivity index (χ1) is 19.1. The van der Waals surface area contributed by atoms with E-state index in [0.29, 0.717) is 0 Å². The van der Waals surface area contributed by atoms with Crippen LogP contribution in [-0.4, -0.2) is 31.5 Å². The average molecular weight is 548 g/mol. The molecule has 4 heteroatoms. The number of benzene rings is 4. The second-order valence-corrected chi connectivity index (χ2v) is 12.2. The Morgan fingerprint density at radius 1 is 0.950 bits per heavy atom. The number of fused-ring (bicyclic) bond motifs is 4. The molecule has 0 saturated heterocycles. The molecule has 2 aliphatic rings. The van der Waals surface area contributed by atoms with Gasteiger partial charge in [-0.2, -0.15) is 4.58 Å². The van der Waals surface area contributed by atoms with Crippen LogP contribution in [-0.2, 0) is 17.3 Å². The Morgan fingerprint density at radius 3 is 2.55 bits per heavy atom. The van der Waals surface area contributed by atoms with Crippen molar-refractivity contribution >= 4 is 39.5 Å². The van der Waals surface area contributed by atoms with Gasteiger partial charge in [-0.3, -0.25) is 0 Å².